The van der Waals surface area contributed by atoms with Gasteiger partial charge in [0.25, 0.3) is 0 Å². The van der Waals surface area contributed by atoms with E-state index >= 15 is 0 Å². The molecule has 1 amide bonds. The lowest BCUT2D eigenvalue weighted by molar-refractivity contribution is -0.126. The van der Waals surface area contributed by atoms with Gasteiger partial charge < -0.3 is 10.1 Å². The van der Waals surface area contributed by atoms with E-state index in [1.807, 2.05) is 19.1 Å². The monoisotopic (exact) mass is 470 g/mol. The van der Waals surface area contributed by atoms with Gasteiger partial charge in [-0.1, -0.05) is 35.3 Å². The van der Waals surface area contributed by atoms with Crippen LogP contribution < -0.4 is 10.1 Å². The first kappa shape index (κ1) is 22.9. The summed E-state index contributed by atoms with van der Waals surface area (Å²) in [4.78, 5) is 12.8. The number of rotatable bonds is 6. The molecule has 30 heavy (non-hydrogen) atoms. The maximum absolute atomic E-state index is 13.2. The molecule has 2 atom stereocenters. The Bertz CT molecular complexity index is 1010. The van der Waals surface area contributed by atoms with Crippen LogP contribution in [0.25, 0.3) is 0 Å². The lowest BCUT2D eigenvalue weighted by Gasteiger charge is -2.32. The Hall–Kier alpha value is -1.80. The number of ether oxygens (including phenoxy) is 1. The van der Waals surface area contributed by atoms with Crippen molar-refractivity contribution >= 4 is 39.1 Å². The van der Waals surface area contributed by atoms with Gasteiger partial charge in [-0.3, -0.25) is 4.79 Å². The fraction of sp³-hybridized carbons (Fsp3) is 0.381. The highest BCUT2D eigenvalue weighted by Crippen LogP contribution is 2.32. The van der Waals surface area contributed by atoms with Crippen molar-refractivity contribution in [1.29, 1.82) is 0 Å². The summed E-state index contributed by atoms with van der Waals surface area (Å²) in [5, 5.41) is 3.91. The van der Waals surface area contributed by atoms with Gasteiger partial charge in [0.15, 0.2) is 0 Å². The van der Waals surface area contributed by atoms with Crippen molar-refractivity contribution in [1.82, 2.24) is 9.62 Å². The Morgan fingerprint density at radius 3 is 2.50 bits per heavy atom. The van der Waals surface area contributed by atoms with Gasteiger partial charge in [0.2, 0.25) is 15.9 Å². The van der Waals surface area contributed by atoms with Crippen molar-refractivity contribution in [2.24, 2.45) is 5.92 Å². The maximum Gasteiger partial charge on any atom is 0.246 e. The highest BCUT2D eigenvalue weighted by atomic mass is 35.5. The molecule has 1 N–H and O–H groups in total. The summed E-state index contributed by atoms with van der Waals surface area (Å²) in [6.45, 7) is 2.33. The molecular weight excluding hydrogens is 447 g/mol. The van der Waals surface area contributed by atoms with E-state index in [2.05, 4.69) is 5.32 Å². The number of nitrogens with one attached hydrogen (secondary N) is 1. The van der Waals surface area contributed by atoms with E-state index in [0.717, 1.165) is 5.56 Å². The van der Waals surface area contributed by atoms with Gasteiger partial charge in [-0.05, 0) is 55.7 Å². The third kappa shape index (κ3) is 5.09. The van der Waals surface area contributed by atoms with Crippen LogP contribution in [-0.2, 0) is 14.8 Å². The van der Waals surface area contributed by atoms with Gasteiger partial charge in [0, 0.05) is 23.1 Å². The van der Waals surface area contributed by atoms with Crippen LogP contribution in [0, 0.1) is 5.92 Å². The van der Waals surface area contributed by atoms with Gasteiger partial charge in [0.1, 0.15) is 10.6 Å². The third-order valence-corrected chi connectivity index (χ3v) is 7.60. The molecule has 0 aromatic heterocycles. The van der Waals surface area contributed by atoms with E-state index in [1.54, 1.807) is 18.2 Å². The minimum absolute atomic E-state index is 0.00749. The molecule has 162 valence electrons. The number of piperidine rings is 1. The molecule has 0 spiro atoms. The zero-order chi connectivity index (χ0) is 21.9. The second kappa shape index (κ2) is 9.56. The van der Waals surface area contributed by atoms with Crippen molar-refractivity contribution < 1.29 is 17.9 Å². The van der Waals surface area contributed by atoms with E-state index in [-0.39, 0.29) is 29.1 Å². The standard InChI is InChI=1S/C21H24Cl2N2O4S/c1-14(15-5-7-17(22)8-6-15)24-21(26)16-4-3-11-25(13-16)30(27,28)20-12-18(23)9-10-19(20)29-2/h5-10,12,14,16H,3-4,11,13H2,1-2H3,(H,24,26)/t14-,16+/m1/s1. The van der Waals surface area contributed by atoms with Crippen molar-refractivity contribution in [2.45, 2.75) is 30.7 Å². The SMILES string of the molecule is COc1ccc(Cl)cc1S(=O)(=O)N1CCC[C@H](C(=O)N[C@H](C)c2ccc(Cl)cc2)C1. The van der Waals surface area contributed by atoms with Crippen LogP contribution in [-0.4, -0.2) is 38.8 Å². The number of carbonyl (C=O) groups is 1. The molecule has 0 radical (unpaired) electrons. The van der Waals surface area contributed by atoms with E-state index in [0.29, 0.717) is 29.4 Å². The summed E-state index contributed by atoms with van der Waals surface area (Å²) in [7, 11) is -2.44. The van der Waals surface area contributed by atoms with Crippen LogP contribution >= 0.6 is 23.2 Å². The van der Waals surface area contributed by atoms with Crippen LogP contribution in [0.2, 0.25) is 10.0 Å². The molecule has 2 aromatic carbocycles. The largest absolute Gasteiger partial charge is 0.495 e. The van der Waals surface area contributed by atoms with Crippen molar-refractivity contribution in [3.05, 3.63) is 58.1 Å². The van der Waals surface area contributed by atoms with Crippen LogP contribution in [0.1, 0.15) is 31.4 Å². The quantitative estimate of drug-likeness (QED) is 0.683. The molecule has 6 nitrogen and oxygen atoms in total. The molecule has 3 rings (SSSR count). The Morgan fingerprint density at radius 2 is 1.83 bits per heavy atom. The lowest BCUT2D eigenvalue weighted by Crippen LogP contribution is -2.45. The van der Waals surface area contributed by atoms with Crippen LogP contribution in [0.3, 0.4) is 0 Å². The molecule has 1 aliphatic heterocycles. The summed E-state index contributed by atoms with van der Waals surface area (Å²) >= 11 is 11.9. The molecule has 0 unspecified atom stereocenters. The highest BCUT2D eigenvalue weighted by Gasteiger charge is 2.35. The van der Waals surface area contributed by atoms with Crippen LogP contribution in [0.5, 0.6) is 5.75 Å². The summed E-state index contributed by atoms with van der Waals surface area (Å²) < 4.78 is 33.0. The first-order valence-corrected chi connectivity index (χ1v) is 11.8. The molecule has 1 saturated heterocycles. The van der Waals surface area contributed by atoms with Crippen molar-refractivity contribution in [3.8, 4) is 5.75 Å². The van der Waals surface area contributed by atoms with Crippen LogP contribution in [0.4, 0.5) is 0 Å². The summed E-state index contributed by atoms with van der Waals surface area (Å²) in [6, 6.07) is 11.5. The fourth-order valence-electron chi connectivity index (χ4n) is 3.53. The summed E-state index contributed by atoms with van der Waals surface area (Å²) in [5.41, 5.74) is 0.928. The number of carbonyl (C=O) groups excluding carboxylic acids is 1. The number of methoxy groups -OCH3 is 1. The molecule has 1 heterocycles. The highest BCUT2D eigenvalue weighted by molar-refractivity contribution is 7.89. The van der Waals surface area contributed by atoms with Crippen molar-refractivity contribution in [3.63, 3.8) is 0 Å². The predicted octanol–water partition coefficient (Wildman–Crippen LogP) is 4.28. The summed E-state index contributed by atoms with van der Waals surface area (Å²) in [5.74, 6) is -0.383. The number of sulfonamides is 1. The zero-order valence-corrected chi connectivity index (χ0v) is 19.1. The van der Waals surface area contributed by atoms with Gasteiger partial charge in [-0.25, -0.2) is 8.42 Å². The molecule has 1 fully saturated rings. The number of benzene rings is 2. The second-order valence-corrected chi connectivity index (χ2v) is 10.1. The smallest absolute Gasteiger partial charge is 0.246 e. The summed E-state index contributed by atoms with van der Waals surface area (Å²) in [6.07, 6.45) is 1.22. The average Bonchev–Trinajstić information content (AvgIpc) is 2.74. The Morgan fingerprint density at radius 1 is 1.17 bits per heavy atom. The Balaban J connectivity index is 1.73. The topological polar surface area (TPSA) is 75.7 Å². The molecule has 0 saturated carbocycles. The molecule has 2 aromatic rings. The first-order chi connectivity index (χ1) is 14.2. The molecule has 0 aliphatic carbocycles. The third-order valence-electron chi connectivity index (χ3n) is 5.23. The number of hydrogen-bond acceptors (Lipinski definition) is 4. The van der Waals surface area contributed by atoms with Crippen LogP contribution in [0.15, 0.2) is 47.4 Å². The molecule has 0 bridgehead atoms. The van der Waals surface area contributed by atoms with E-state index < -0.39 is 15.9 Å². The maximum atomic E-state index is 13.2. The Labute approximate surface area is 187 Å². The van der Waals surface area contributed by atoms with E-state index in [9.17, 15) is 13.2 Å². The predicted molar refractivity (Wildman–Crippen MR) is 117 cm³/mol. The van der Waals surface area contributed by atoms with Crippen molar-refractivity contribution in [2.75, 3.05) is 20.2 Å². The van der Waals surface area contributed by atoms with E-state index in [4.69, 9.17) is 27.9 Å². The van der Waals surface area contributed by atoms with Gasteiger partial charge >= 0.3 is 0 Å². The van der Waals surface area contributed by atoms with Gasteiger partial charge in [0.05, 0.1) is 19.1 Å². The normalized spacial score (nSPS) is 18.6. The number of amides is 1. The van der Waals surface area contributed by atoms with E-state index in [1.165, 1.54) is 23.5 Å². The lowest BCUT2D eigenvalue weighted by atomic mass is 9.98. The number of halogens is 2. The first-order valence-electron chi connectivity index (χ1n) is 9.62. The average molecular weight is 471 g/mol. The number of nitrogens with zero attached hydrogens (tertiary/aromatic N) is 1. The van der Waals surface area contributed by atoms with Gasteiger partial charge in [-0.2, -0.15) is 4.31 Å². The molecular formula is C21H24Cl2N2O4S. The molecule has 9 heteroatoms. The minimum Gasteiger partial charge on any atom is -0.495 e. The minimum atomic E-state index is -3.85. The number of hydrogen-bond donors (Lipinski definition) is 1. The fourth-order valence-corrected chi connectivity index (χ4v) is 5.60. The molecule has 1 aliphatic rings. The second-order valence-electron chi connectivity index (χ2n) is 7.28. The Kier molecular flexibility index (Phi) is 7.29. The van der Waals surface area contributed by atoms with Gasteiger partial charge in [-0.15, -0.1) is 0 Å². The zero-order valence-electron chi connectivity index (χ0n) is 16.8.